The predicted molar refractivity (Wildman–Crippen MR) is 84.2 cm³/mol. The van der Waals surface area contributed by atoms with Gasteiger partial charge in [-0.3, -0.25) is 0 Å². The van der Waals surface area contributed by atoms with Crippen LogP contribution in [-0.2, 0) is 0 Å². The second kappa shape index (κ2) is 6.07. The topological polar surface area (TPSA) is 29.3 Å². The SMILES string of the molecule is NC(=S)c1ccc(N2CCCSCC2)c(Br)c1. The normalized spacial score (nSPS) is 16.6. The van der Waals surface area contributed by atoms with E-state index < -0.39 is 0 Å². The highest BCUT2D eigenvalue weighted by Crippen LogP contribution is 2.29. The van der Waals surface area contributed by atoms with Crippen molar-refractivity contribution >= 4 is 50.6 Å². The first-order valence-corrected chi connectivity index (χ1v) is 7.96. The minimum Gasteiger partial charge on any atom is -0.389 e. The van der Waals surface area contributed by atoms with Crippen LogP contribution in [0.25, 0.3) is 0 Å². The lowest BCUT2D eigenvalue weighted by Gasteiger charge is -2.24. The molecule has 1 heterocycles. The average Bonchev–Trinajstić information content (AvgIpc) is 2.57. The Morgan fingerprint density at radius 2 is 2.18 bits per heavy atom. The fourth-order valence-corrected chi connectivity index (χ4v) is 3.55. The fraction of sp³-hybridized carbons (Fsp3) is 0.417. The summed E-state index contributed by atoms with van der Waals surface area (Å²) in [5.41, 5.74) is 7.79. The van der Waals surface area contributed by atoms with Crippen molar-refractivity contribution in [3.05, 3.63) is 28.2 Å². The highest BCUT2D eigenvalue weighted by molar-refractivity contribution is 9.10. The second-order valence-corrected chi connectivity index (χ2v) is 6.50. The molecule has 2 N–H and O–H groups in total. The van der Waals surface area contributed by atoms with E-state index in [1.807, 2.05) is 23.9 Å². The molecule has 0 aliphatic carbocycles. The number of halogens is 1. The van der Waals surface area contributed by atoms with Crippen LogP contribution in [0.4, 0.5) is 5.69 Å². The van der Waals surface area contributed by atoms with Crippen LogP contribution in [-0.4, -0.2) is 29.6 Å². The van der Waals surface area contributed by atoms with Crippen LogP contribution in [0.3, 0.4) is 0 Å². The largest absolute Gasteiger partial charge is 0.389 e. The standard InChI is InChI=1S/C12H15BrN2S2/c13-10-8-9(12(14)16)2-3-11(10)15-4-1-6-17-7-5-15/h2-3,8H,1,4-7H2,(H2,14,16). The Balaban J connectivity index is 2.22. The van der Waals surface area contributed by atoms with Gasteiger partial charge in [-0.25, -0.2) is 0 Å². The van der Waals surface area contributed by atoms with Crippen LogP contribution in [0.5, 0.6) is 0 Å². The van der Waals surface area contributed by atoms with E-state index in [-0.39, 0.29) is 0 Å². The van der Waals surface area contributed by atoms with Crippen LogP contribution < -0.4 is 10.6 Å². The molecule has 1 aromatic rings. The highest BCUT2D eigenvalue weighted by Gasteiger charge is 2.13. The van der Waals surface area contributed by atoms with Crippen molar-refractivity contribution in [1.82, 2.24) is 0 Å². The van der Waals surface area contributed by atoms with Crippen molar-refractivity contribution < 1.29 is 0 Å². The number of benzene rings is 1. The number of thiocarbonyl (C=S) groups is 1. The third kappa shape index (κ3) is 3.36. The lowest BCUT2D eigenvalue weighted by Crippen LogP contribution is -2.26. The summed E-state index contributed by atoms with van der Waals surface area (Å²) in [5.74, 6) is 2.46. The Bertz CT molecular complexity index is 415. The Kier molecular flexibility index (Phi) is 4.70. The van der Waals surface area contributed by atoms with E-state index in [0.29, 0.717) is 4.99 Å². The second-order valence-electron chi connectivity index (χ2n) is 3.98. The number of nitrogens with zero attached hydrogens (tertiary/aromatic N) is 1. The lowest BCUT2D eigenvalue weighted by atomic mass is 10.2. The fourth-order valence-electron chi connectivity index (χ4n) is 1.90. The quantitative estimate of drug-likeness (QED) is 0.844. The van der Waals surface area contributed by atoms with Gasteiger partial charge < -0.3 is 10.6 Å². The smallest absolute Gasteiger partial charge is 0.104 e. The molecule has 1 fully saturated rings. The summed E-state index contributed by atoms with van der Waals surface area (Å²) in [6, 6.07) is 6.12. The number of hydrogen-bond donors (Lipinski definition) is 1. The van der Waals surface area contributed by atoms with Crippen LogP contribution in [0, 0.1) is 0 Å². The van der Waals surface area contributed by atoms with Crippen LogP contribution in [0.1, 0.15) is 12.0 Å². The summed E-state index contributed by atoms with van der Waals surface area (Å²) in [5, 5.41) is 0. The van der Waals surface area contributed by atoms with E-state index in [4.69, 9.17) is 18.0 Å². The van der Waals surface area contributed by atoms with E-state index in [9.17, 15) is 0 Å². The summed E-state index contributed by atoms with van der Waals surface area (Å²) < 4.78 is 1.08. The molecule has 17 heavy (non-hydrogen) atoms. The Morgan fingerprint density at radius 3 is 2.88 bits per heavy atom. The molecule has 1 aliphatic heterocycles. The summed E-state index contributed by atoms with van der Waals surface area (Å²) >= 11 is 10.6. The monoisotopic (exact) mass is 330 g/mol. The maximum Gasteiger partial charge on any atom is 0.104 e. The summed E-state index contributed by atoms with van der Waals surface area (Å²) in [6.45, 7) is 2.23. The third-order valence-electron chi connectivity index (χ3n) is 2.80. The highest BCUT2D eigenvalue weighted by atomic mass is 79.9. The molecule has 92 valence electrons. The van der Waals surface area contributed by atoms with Gasteiger partial charge in [-0.05, 0) is 46.3 Å². The number of anilines is 1. The van der Waals surface area contributed by atoms with Gasteiger partial charge in [0.1, 0.15) is 4.99 Å². The molecule has 0 saturated carbocycles. The molecule has 0 aromatic heterocycles. The van der Waals surface area contributed by atoms with E-state index in [0.717, 1.165) is 23.1 Å². The van der Waals surface area contributed by atoms with Gasteiger partial charge in [0.25, 0.3) is 0 Å². The van der Waals surface area contributed by atoms with E-state index in [1.54, 1.807) is 0 Å². The van der Waals surface area contributed by atoms with Gasteiger partial charge in [0.15, 0.2) is 0 Å². The first-order chi connectivity index (χ1) is 8.18. The van der Waals surface area contributed by atoms with Crippen molar-refractivity contribution in [1.29, 1.82) is 0 Å². The molecule has 0 radical (unpaired) electrons. The number of nitrogens with two attached hydrogens (primary N) is 1. The summed E-state index contributed by atoms with van der Waals surface area (Å²) in [6.07, 6.45) is 1.24. The Hall–Kier alpha value is -0.260. The molecule has 1 aromatic carbocycles. The van der Waals surface area contributed by atoms with Crippen molar-refractivity contribution in [2.45, 2.75) is 6.42 Å². The molecule has 0 unspecified atom stereocenters. The minimum atomic E-state index is 0.448. The maximum atomic E-state index is 5.63. The number of rotatable bonds is 2. The zero-order valence-electron chi connectivity index (χ0n) is 9.49. The third-order valence-corrected chi connectivity index (χ3v) is 4.71. The predicted octanol–water partition coefficient (Wildman–Crippen LogP) is 3.03. The molecule has 0 spiro atoms. The molecule has 0 bridgehead atoms. The van der Waals surface area contributed by atoms with Gasteiger partial charge in [0.2, 0.25) is 0 Å². The molecule has 2 rings (SSSR count). The summed E-state index contributed by atoms with van der Waals surface area (Å²) in [7, 11) is 0. The number of thioether (sulfide) groups is 1. The van der Waals surface area contributed by atoms with Gasteiger partial charge in [-0.1, -0.05) is 12.2 Å². The molecular formula is C12H15BrN2S2. The van der Waals surface area contributed by atoms with Crippen LogP contribution >= 0.6 is 39.9 Å². The Morgan fingerprint density at radius 1 is 1.35 bits per heavy atom. The lowest BCUT2D eigenvalue weighted by molar-refractivity contribution is 0.814. The first kappa shape index (κ1) is 13.2. The van der Waals surface area contributed by atoms with Crippen molar-refractivity contribution in [3.63, 3.8) is 0 Å². The Labute approximate surface area is 120 Å². The van der Waals surface area contributed by atoms with Crippen molar-refractivity contribution in [2.75, 3.05) is 29.5 Å². The number of hydrogen-bond acceptors (Lipinski definition) is 3. The molecule has 5 heteroatoms. The van der Waals surface area contributed by atoms with Crippen molar-refractivity contribution in [2.24, 2.45) is 5.73 Å². The zero-order valence-corrected chi connectivity index (χ0v) is 12.7. The van der Waals surface area contributed by atoms with Crippen molar-refractivity contribution in [3.8, 4) is 0 Å². The summed E-state index contributed by atoms with van der Waals surface area (Å²) in [4.78, 5) is 2.87. The van der Waals surface area contributed by atoms with Gasteiger partial charge in [-0.2, -0.15) is 11.8 Å². The van der Waals surface area contributed by atoms with E-state index in [2.05, 4.69) is 26.9 Å². The molecule has 1 aliphatic rings. The average molecular weight is 331 g/mol. The maximum absolute atomic E-state index is 5.63. The van der Waals surface area contributed by atoms with Gasteiger partial charge in [-0.15, -0.1) is 0 Å². The zero-order chi connectivity index (χ0) is 12.3. The van der Waals surface area contributed by atoms with E-state index >= 15 is 0 Å². The van der Waals surface area contributed by atoms with Gasteiger partial charge in [0, 0.05) is 28.9 Å². The van der Waals surface area contributed by atoms with E-state index in [1.165, 1.54) is 23.6 Å². The van der Waals surface area contributed by atoms with Gasteiger partial charge >= 0.3 is 0 Å². The molecule has 1 saturated heterocycles. The molecular weight excluding hydrogens is 316 g/mol. The first-order valence-electron chi connectivity index (χ1n) is 5.60. The molecule has 0 amide bonds. The van der Waals surface area contributed by atoms with Crippen LogP contribution in [0.2, 0.25) is 0 Å². The van der Waals surface area contributed by atoms with Gasteiger partial charge in [0.05, 0.1) is 5.69 Å². The minimum absolute atomic E-state index is 0.448. The molecule has 2 nitrogen and oxygen atoms in total. The molecule has 0 atom stereocenters. The van der Waals surface area contributed by atoms with Crippen LogP contribution in [0.15, 0.2) is 22.7 Å².